The lowest BCUT2D eigenvalue weighted by Crippen LogP contribution is -2.62. The molecule has 0 aromatic heterocycles. The lowest BCUT2D eigenvalue weighted by Gasteiger charge is -2.60. The molecule has 6 heteroatoms. The molecule has 0 bridgehead atoms. The molecule has 0 spiro atoms. The summed E-state index contributed by atoms with van der Waals surface area (Å²) in [7, 11) is 0. The molecule has 4 aliphatic carbocycles. The summed E-state index contributed by atoms with van der Waals surface area (Å²) in [6.07, 6.45) is 3.72. The Kier molecular flexibility index (Phi) is 4.55. The maximum Gasteiger partial charge on any atom is 0.190 e. The van der Waals surface area contributed by atoms with E-state index in [1.54, 1.807) is 0 Å². The molecule has 0 amide bonds. The van der Waals surface area contributed by atoms with Crippen LogP contribution in [0.5, 0.6) is 0 Å². The molecule has 3 N–H and O–H groups in total. The van der Waals surface area contributed by atoms with Crippen molar-refractivity contribution in [2.24, 2.45) is 28.6 Å². The molecule has 0 unspecified atom stereocenters. The van der Waals surface area contributed by atoms with Crippen LogP contribution in [0.3, 0.4) is 0 Å². The van der Waals surface area contributed by atoms with Gasteiger partial charge in [-0.25, -0.2) is 0 Å². The molecule has 0 aromatic carbocycles. The number of halogens is 1. The van der Waals surface area contributed by atoms with Crippen LogP contribution < -0.4 is 0 Å². The highest BCUT2D eigenvalue weighted by molar-refractivity contribution is 9.12. The standard InChI is InChI=1S/C21H29BrO5/c1-19-7-6-14(24)18(22)13(19)4-3-11-12-5-8-21(27,16(26)10-23)20(12,2)9-15(25)17(11)19/h11-12,15,17,23,25,27H,3-10H2,1-2H3/t11-,12-,15-,17+,19-,20-,21-/m0/s1. The summed E-state index contributed by atoms with van der Waals surface area (Å²) in [5.74, 6) is 0.0147. The number of Topliss-reactive ketones (excluding diaryl/α,β-unsaturated/α-hetero) is 2. The largest absolute Gasteiger partial charge is 0.393 e. The van der Waals surface area contributed by atoms with Crippen LogP contribution in [-0.4, -0.2) is 45.2 Å². The zero-order chi connectivity index (χ0) is 19.8. The van der Waals surface area contributed by atoms with Crippen molar-refractivity contribution in [1.82, 2.24) is 0 Å². The Labute approximate surface area is 168 Å². The van der Waals surface area contributed by atoms with Gasteiger partial charge in [-0.15, -0.1) is 0 Å². The van der Waals surface area contributed by atoms with E-state index >= 15 is 0 Å². The molecule has 0 aliphatic heterocycles. The van der Waals surface area contributed by atoms with Gasteiger partial charge in [0.05, 0.1) is 10.6 Å². The molecule has 3 fully saturated rings. The molecule has 0 heterocycles. The Balaban J connectivity index is 1.76. The fraction of sp³-hybridized carbons (Fsp3) is 0.810. The van der Waals surface area contributed by atoms with E-state index in [1.807, 2.05) is 6.92 Å². The third-order valence-corrected chi connectivity index (χ3v) is 9.67. The number of hydrogen-bond acceptors (Lipinski definition) is 5. The smallest absolute Gasteiger partial charge is 0.190 e. The average Bonchev–Trinajstić information content (AvgIpc) is 2.89. The van der Waals surface area contributed by atoms with Crippen molar-refractivity contribution in [2.45, 2.75) is 70.5 Å². The van der Waals surface area contributed by atoms with Crippen LogP contribution in [0.15, 0.2) is 10.1 Å². The molecule has 4 rings (SSSR count). The SMILES string of the molecule is C[C@]12CCC(=O)C(Br)=C1CC[C@@H]1[C@@H]2[C@@H](O)C[C@@]2(C)[C@H]1CC[C@]2(O)C(=O)CO. The molecule has 0 radical (unpaired) electrons. The number of aliphatic hydroxyl groups excluding tert-OH is 2. The Morgan fingerprint density at radius 3 is 2.59 bits per heavy atom. The van der Waals surface area contributed by atoms with Gasteiger partial charge in [-0.2, -0.15) is 0 Å². The summed E-state index contributed by atoms with van der Waals surface area (Å²) in [6, 6.07) is 0. The lowest BCUT2D eigenvalue weighted by atomic mass is 9.45. The van der Waals surface area contributed by atoms with E-state index < -0.39 is 29.5 Å². The van der Waals surface area contributed by atoms with E-state index in [-0.39, 0.29) is 29.0 Å². The van der Waals surface area contributed by atoms with Crippen molar-refractivity contribution in [2.75, 3.05) is 6.61 Å². The summed E-state index contributed by atoms with van der Waals surface area (Å²) in [5.41, 5.74) is -1.36. The summed E-state index contributed by atoms with van der Waals surface area (Å²) in [6.45, 7) is 3.44. The van der Waals surface area contributed by atoms with Gasteiger partial charge in [0.2, 0.25) is 0 Å². The van der Waals surface area contributed by atoms with Gasteiger partial charge in [0, 0.05) is 11.8 Å². The first kappa shape index (κ1) is 19.7. The monoisotopic (exact) mass is 440 g/mol. The molecule has 7 atom stereocenters. The van der Waals surface area contributed by atoms with Gasteiger partial charge in [0.1, 0.15) is 12.2 Å². The lowest BCUT2D eigenvalue weighted by molar-refractivity contribution is -0.182. The number of carbonyl (C=O) groups excluding carboxylic acids is 2. The van der Waals surface area contributed by atoms with E-state index in [4.69, 9.17) is 0 Å². The second kappa shape index (κ2) is 6.22. The molecule has 4 aliphatic rings. The fourth-order valence-electron chi connectivity index (χ4n) is 7.37. The van der Waals surface area contributed by atoms with Crippen LogP contribution in [0.25, 0.3) is 0 Å². The minimum Gasteiger partial charge on any atom is -0.393 e. The van der Waals surface area contributed by atoms with E-state index in [1.165, 1.54) is 0 Å². The van der Waals surface area contributed by atoms with Crippen molar-refractivity contribution >= 4 is 27.5 Å². The Morgan fingerprint density at radius 1 is 1.22 bits per heavy atom. The fourth-order valence-corrected chi connectivity index (χ4v) is 8.22. The van der Waals surface area contributed by atoms with Gasteiger partial charge in [0.15, 0.2) is 11.6 Å². The number of aliphatic hydroxyl groups is 3. The van der Waals surface area contributed by atoms with Gasteiger partial charge in [0.25, 0.3) is 0 Å². The maximum atomic E-state index is 12.4. The number of hydrogen-bond donors (Lipinski definition) is 3. The Hall–Kier alpha value is -0.560. The van der Waals surface area contributed by atoms with Crippen LogP contribution in [0.4, 0.5) is 0 Å². The van der Waals surface area contributed by atoms with Crippen molar-refractivity contribution in [3.8, 4) is 0 Å². The van der Waals surface area contributed by atoms with Crippen LogP contribution in [0.2, 0.25) is 0 Å². The highest BCUT2D eigenvalue weighted by Gasteiger charge is 2.68. The topological polar surface area (TPSA) is 94.8 Å². The minimum absolute atomic E-state index is 0.0338. The van der Waals surface area contributed by atoms with Crippen LogP contribution in [0.1, 0.15) is 58.8 Å². The van der Waals surface area contributed by atoms with Crippen molar-refractivity contribution < 1.29 is 24.9 Å². The third-order valence-electron chi connectivity index (χ3n) is 8.74. The van der Waals surface area contributed by atoms with E-state index in [0.29, 0.717) is 23.7 Å². The van der Waals surface area contributed by atoms with Crippen LogP contribution in [0, 0.1) is 28.6 Å². The normalized spacial score (nSPS) is 49.5. The van der Waals surface area contributed by atoms with Gasteiger partial charge < -0.3 is 15.3 Å². The molecule has 3 saturated carbocycles. The molecular weight excluding hydrogens is 412 g/mol. The Morgan fingerprint density at radius 2 is 1.93 bits per heavy atom. The quantitative estimate of drug-likeness (QED) is 0.612. The third kappa shape index (κ3) is 2.39. The van der Waals surface area contributed by atoms with Crippen LogP contribution >= 0.6 is 15.9 Å². The van der Waals surface area contributed by atoms with Crippen molar-refractivity contribution in [3.63, 3.8) is 0 Å². The van der Waals surface area contributed by atoms with Crippen molar-refractivity contribution in [1.29, 1.82) is 0 Å². The highest BCUT2D eigenvalue weighted by atomic mass is 79.9. The molecule has 150 valence electrons. The van der Waals surface area contributed by atoms with E-state index in [9.17, 15) is 24.9 Å². The number of rotatable bonds is 2. The number of carbonyl (C=O) groups is 2. The zero-order valence-corrected chi connectivity index (χ0v) is 17.6. The predicted octanol–water partition coefficient (Wildman–Crippen LogP) is 2.50. The second-order valence-electron chi connectivity index (χ2n) is 9.64. The molecule has 5 nitrogen and oxygen atoms in total. The van der Waals surface area contributed by atoms with Gasteiger partial charge >= 0.3 is 0 Å². The summed E-state index contributed by atoms with van der Waals surface area (Å²) in [5, 5.41) is 31.9. The minimum atomic E-state index is -1.56. The zero-order valence-electron chi connectivity index (χ0n) is 16.0. The van der Waals surface area contributed by atoms with Crippen molar-refractivity contribution in [3.05, 3.63) is 10.1 Å². The Bertz CT molecular complexity index is 732. The first-order valence-corrected chi connectivity index (χ1v) is 10.9. The number of ketones is 2. The van der Waals surface area contributed by atoms with Crippen LogP contribution in [-0.2, 0) is 9.59 Å². The average molecular weight is 441 g/mol. The van der Waals surface area contributed by atoms with E-state index in [0.717, 1.165) is 31.3 Å². The maximum absolute atomic E-state index is 12.4. The molecule has 0 saturated heterocycles. The van der Waals surface area contributed by atoms with Gasteiger partial charge in [-0.3, -0.25) is 9.59 Å². The first-order valence-electron chi connectivity index (χ1n) is 10.1. The number of fused-ring (bicyclic) bond motifs is 5. The molecular formula is C21H29BrO5. The highest BCUT2D eigenvalue weighted by Crippen LogP contribution is 2.68. The summed E-state index contributed by atoms with van der Waals surface area (Å²) >= 11 is 3.52. The molecule has 27 heavy (non-hydrogen) atoms. The van der Waals surface area contributed by atoms with Gasteiger partial charge in [-0.05, 0) is 83.2 Å². The first-order chi connectivity index (χ1) is 12.6. The van der Waals surface area contributed by atoms with E-state index in [2.05, 4.69) is 22.9 Å². The predicted molar refractivity (Wildman–Crippen MR) is 103 cm³/mol. The summed E-state index contributed by atoms with van der Waals surface area (Å²) < 4.78 is 0.702. The molecule has 0 aromatic rings. The summed E-state index contributed by atoms with van der Waals surface area (Å²) in [4.78, 5) is 24.6. The number of allylic oxidation sites excluding steroid dienone is 1. The second-order valence-corrected chi connectivity index (χ2v) is 10.4. The van der Waals surface area contributed by atoms with Gasteiger partial charge in [-0.1, -0.05) is 13.8 Å².